The van der Waals surface area contributed by atoms with E-state index in [1.807, 2.05) is 42.5 Å². The van der Waals surface area contributed by atoms with Gasteiger partial charge in [-0.25, -0.2) is 4.39 Å². The number of carbonyl (C=O) groups excluding carboxylic acids is 1. The summed E-state index contributed by atoms with van der Waals surface area (Å²) in [7, 11) is 0. The summed E-state index contributed by atoms with van der Waals surface area (Å²) in [5.74, 6) is -0.0623. The maximum atomic E-state index is 15.3. The minimum Gasteiger partial charge on any atom is -0.489 e. The zero-order valence-corrected chi connectivity index (χ0v) is 18.6. The van der Waals surface area contributed by atoms with Crippen LogP contribution in [-0.4, -0.2) is 12.6 Å². The van der Waals surface area contributed by atoms with Crippen molar-refractivity contribution in [3.8, 4) is 16.9 Å². The summed E-state index contributed by atoms with van der Waals surface area (Å²) in [6.07, 6.45) is 1.71. The van der Waals surface area contributed by atoms with Gasteiger partial charge in [0, 0.05) is 33.7 Å². The van der Waals surface area contributed by atoms with Crippen molar-refractivity contribution in [3.63, 3.8) is 0 Å². The van der Waals surface area contributed by atoms with Gasteiger partial charge in [0.05, 0.1) is 19.3 Å². The molecule has 1 aromatic heterocycles. The summed E-state index contributed by atoms with van der Waals surface area (Å²) in [6, 6.07) is 17.8. The molecule has 0 aliphatic heterocycles. The Bertz CT molecular complexity index is 1280. The number of halogens is 1. The fourth-order valence-electron chi connectivity index (χ4n) is 3.86. The second-order valence-corrected chi connectivity index (χ2v) is 7.86. The van der Waals surface area contributed by atoms with Crippen molar-refractivity contribution in [2.24, 2.45) is 5.73 Å². The first-order valence-electron chi connectivity index (χ1n) is 10.9. The summed E-state index contributed by atoms with van der Waals surface area (Å²) >= 11 is 0. The molecule has 33 heavy (non-hydrogen) atoms. The normalized spacial score (nSPS) is 12.0. The van der Waals surface area contributed by atoms with Gasteiger partial charge >= 0.3 is 5.97 Å². The molecular formula is C27H26FNO4. The zero-order valence-electron chi connectivity index (χ0n) is 18.6. The third-order valence-corrected chi connectivity index (χ3v) is 5.43. The number of ether oxygens (including phenoxy) is 2. The van der Waals surface area contributed by atoms with Crippen LogP contribution >= 0.6 is 0 Å². The number of fused-ring (bicyclic) bond motifs is 1. The second kappa shape index (κ2) is 9.88. The van der Waals surface area contributed by atoms with E-state index < -0.39 is 6.04 Å². The SMILES string of the molecule is CCOC(=O)Cc1ccccc1OCc1cc(-c2cccc([C@@H](C)N)c2F)c2occc2c1. The van der Waals surface area contributed by atoms with Gasteiger partial charge in [-0.05, 0) is 43.7 Å². The molecule has 1 heterocycles. The average molecular weight is 448 g/mol. The summed E-state index contributed by atoms with van der Waals surface area (Å²) in [5.41, 5.74) is 9.64. The molecule has 0 amide bonds. The lowest BCUT2D eigenvalue weighted by Gasteiger charge is -2.14. The molecule has 0 saturated heterocycles. The molecular weight excluding hydrogens is 421 g/mol. The number of furan rings is 1. The van der Waals surface area contributed by atoms with E-state index in [0.29, 0.717) is 34.6 Å². The maximum Gasteiger partial charge on any atom is 0.310 e. The highest BCUT2D eigenvalue weighted by atomic mass is 19.1. The molecule has 2 N–H and O–H groups in total. The van der Waals surface area contributed by atoms with Crippen molar-refractivity contribution in [1.82, 2.24) is 0 Å². The molecule has 0 unspecified atom stereocenters. The van der Waals surface area contributed by atoms with Crippen molar-refractivity contribution in [3.05, 3.63) is 89.4 Å². The molecule has 6 heteroatoms. The first-order chi connectivity index (χ1) is 16.0. The number of esters is 1. The minimum absolute atomic E-state index is 0.130. The maximum absolute atomic E-state index is 15.3. The quantitative estimate of drug-likeness (QED) is 0.338. The topological polar surface area (TPSA) is 74.7 Å². The number of rotatable bonds is 8. The molecule has 5 nitrogen and oxygen atoms in total. The Morgan fingerprint density at radius 1 is 1.09 bits per heavy atom. The van der Waals surface area contributed by atoms with E-state index in [0.717, 1.165) is 16.5 Å². The molecule has 0 aliphatic carbocycles. The van der Waals surface area contributed by atoms with Crippen molar-refractivity contribution in [1.29, 1.82) is 0 Å². The van der Waals surface area contributed by atoms with Crippen LogP contribution in [0.4, 0.5) is 4.39 Å². The Balaban J connectivity index is 1.66. The number of hydrogen-bond acceptors (Lipinski definition) is 5. The number of nitrogens with two attached hydrogens (primary N) is 1. The van der Waals surface area contributed by atoms with Crippen molar-refractivity contribution in [2.45, 2.75) is 32.9 Å². The monoisotopic (exact) mass is 447 g/mol. The van der Waals surface area contributed by atoms with Gasteiger partial charge in [-0.2, -0.15) is 0 Å². The standard InChI is InChI=1S/C27H26FNO4/c1-3-31-25(30)15-19-7-4-5-10-24(19)33-16-18-13-20-11-12-32-27(20)23(14-18)22-9-6-8-21(17(2)29)26(22)28/h4-14,17H,3,15-16,29H2,1-2H3/t17-/m1/s1. The third-order valence-electron chi connectivity index (χ3n) is 5.43. The molecule has 0 bridgehead atoms. The number of para-hydroxylation sites is 1. The van der Waals surface area contributed by atoms with Gasteiger partial charge in [0.25, 0.3) is 0 Å². The fraction of sp³-hybridized carbons (Fsp3) is 0.222. The van der Waals surface area contributed by atoms with Gasteiger partial charge in [0.2, 0.25) is 0 Å². The largest absolute Gasteiger partial charge is 0.489 e. The highest BCUT2D eigenvalue weighted by molar-refractivity contribution is 5.93. The fourth-order valence-corrected chi connectivity index (χ4v) is 3.86. The summed E-state index contributed by atoms with van der Waals surface area (Å²) in [4.78, 5) is 11.9. The molecule has 4 aromatic rings. The molecule has 0 aliphatic rings. The molecule has 0 fully saturated rings. The molecule has 1 atom stereocenters. The van der Waals surface area contributed by atoms with E-state index in [1.54, 1.807) is 38.3 Å². The lowest BCUT2D eigenvalue weighted by Crippen LogP contribution is -2.09. The van der Waals surface area contributed by atoms with Crippen LogP contribution in [0.15, 0.2) is 71.3 Å². The lowest BCUT2D eigenvalue weighted by atomic mass is 9.96. The smallest absolute Gasteiger partial charge is 0.310 e. The van der Waals surface area contributed by atoms with Crippen molar-refractivity contribution >= 4 is 16.9 Å². The van der Waals surface area contributed by atoms with Crippen LogP contribution in [0.5, 0.6) is 5.75 Å². The van der Waals surface area contributed by atoms with Gasteiger partial charge in [0.1, 0.15) is 23.8 Å². The van der Waals surface area contributed by atoms with Gasteiger partial charge in [-0.1, -0.05) is 36.4 Å². The Hall–Kier alpha value is -3.64. The van der Waals surface area contributed by atoms with E-state index in [4.69, 9.17) is 19.6 Å². The minimum atomic E-state index is -0.431. The van der Waals surface area contributed by atoms with Crippen LogP contribution < -0.4 is 10.5 Å². The summed E-state index contributed by atoms with van der Waals surface area (Å²) in [6.45, 7) is 4.10. The van der Waals surface area contributed by atoms with E-state index in [9.17, 15) is 4.79 Å². The molecule has 0 radical (unpaired) electrons. The Labute approximate surface area is 191 Å². The molecule has 4 rings (SSSR count). The Morgan fingerprint density at radius 3 is 2.70 bits per heavy atom. The van der Waals surface area contributed by atoms with Crippen LogP contribution in [0, 0.1) is 5.82 Å². The van der Waals surface area contributed by atoms with Crippen LogP contribution in [0.3, 0.4) is 0 Å². The van der Waals surface area contributed by atoms with Crippen molar-refractivity contribution in [2.75, 3.05) is 6.61 Å². The van der Waals surface area contributed by atoms with Crippen molar-refractivity contribution < 1.29 is 23.1 Å². The van der Waals surface area contributed by atoms with E-state index >= 15 is 4.39 Å². The third kappa shape index (κ3) is 4.91. The number of hydrogen-bond donors (Lipinski definition) is 1. The average Bonchev–Trinajstić information content (AvgIpc) is 3.27. The zero-order chi connectivity index (χ0) is 23.4. The first kappa shape index (κ1) is 22.6. The van der Waals surface area contributed by atoms with E-state index in [-0.39, 0.29) is 24.8 Å². The number of benzene rings is 3. The Kier molecular flexibility index (Phi) is 6.75. The summed E-state index contributed by atoms with van der Waals surface area (Å²) < 4.78 is 32.1. The Morgan fingerprint density at radius 2 is 1.91 bits per heavy atom. The second-order valence-electron chi connectivity index (χ2n) is 7.86. The van der Waals surface area contributed by atoms with Crippen LogP contribution in [-0.2, 0) is 22.6 Å². The number of carbonyl (C=O) groups is 1. The predicted octanol–water partition coefficient (Wildman–Crippen LogP) is 5.94. The van der Waals surface area contributed by atoms with Gasteiger partial charge in [0.15, 0.2) is 0 Å². The van der Waals surface area contributed by atoms with E-state index in [2.05, 4.69) is 0 Å². The van der Waals surface area contributed by atoms with Gasteiger partial charge < -0.3 is 19.6 Å². The van der Waals surface area contributed by atoms with Crippen LogP contribution in [0.2, 0.25) is 0 Å². The molecule has 0 saturated carbocycles. The van der Waals surface area contributed by atoms with Crippen LogP contribution in [0.1, 0.15) is 36.6 Å². The molecule has 3 aromatic carbocycles. The first-order valence-corrected chi connectivity index (χ1v) is 10.9. The lowest BCUT2D eigenvalue weighted by molar-refractivity contribution is -0.142. The van der Waals surface area contributed by atoms with Gasteiger partial charge in [-0.3, -0.25) is 4.79 Å². The van der Waals surface area contributed by atoms with E-state index in [1.165, 1.54) is 0 Å². The highest BCUT2D eigenvalue weighted by Crippen LogP contribution is 2.35. The van der Waals surface area contributed by atoms with Gasteiger partial charge in [-0.15, -0.1) is 0 Å². The molecule has 170 valence electrons. The summed E-state index contributed by atoms with van der Waals surface area (Å²) in [5, 5.41) is 0.844. The predicted molar refractivity (Wildman–Crippen MR) is 125 cm³/mol. The highest BCUT2D eigenvalue weighted by Gasteiger charge is 2.17. The molecule has 0 spiro atoms. The van der Waals surface area contributed by atoms with Crippen LogP contribution in [0.25, 0.3) is 22.1 Å².